The van der Waals surface area contributed by atoms with Crippen molar-refractivity contribution in [3.63, 3.8) is 0 Å². The lowest BCUT2D eigenvalue weighted by Gasteiger charge is -2.43. The van der Waals surface area contributed by atoms with Gasteiger partial charge in [-0.05, 0) is 36.1 Å². The molecule has 0 bridgehead atoms. The highest BCUT2D eigenvalue weighted by atomic mass is 31.2. The van der Waals surface area contributed by atoms with Gasteiger partial charge in [0.05, 0.1) is 0 Å². The average Bonchev–Trinajstić information content (AvgIpc) is 2.71. The van der Waals surface area contributed by atoms with Crippen molar-refractivity contribution >= 4 is 13.3 Å². The van der Waals surface area contributed by atoms with Gasteiger partial charge in [0.1, 0.15) is 0 Å². The number of carboxylic acid groups (broad SMARTS) is 1. The number of aliphatic carboxylic acids is 1. The third kappa shape index (κ3) is 4.62. The summed E-state index contributed by atoms with van der Waals surface area (Å²) in [5, 5.41) is 8.33. The number of hydrogen-bond acceptors (Lipinski definition) is 4. The summed E-state index contributed by atoms with van der Waals surface area (Å²) < 4.78 is 12.9. The average molecular weight is 416 g/mol. The molecule has 1 heterocycles. The summed E-state index contributed by atoms with van der Waals surface area (Å²) >= 11 is 0. The van der Waals surface area contributed by atoms with Gasteiger partial charge in [0.25, 0.3) is 0 Å². The first kappa shape index (κ1) is 21.7. The molecular formula is C22H29N2O4P. The molecule has 1 unspecified atom stereocenters. The highest BCUT2D eigenvalue weighted by molar-refractivity contribution is 7.61. The van der Waals surface area contributed by atoms with Gasteiger partial charge >= 0.3 is 5.97 Å². The quantitative estimate of drug-likeness (QED) is 0.450. The fourth-order valence-corrected chi connectivity index (χ4v) is 6.33. The molecule has 0 aliphatic carbocycles. The fraction of sp³-hybridized carbons (Fsp3) is 0.409. The SMILES string of the molecule is NCCCC[C@@]1(C(=O)O)CN(Cc2ccccc2-c2ccccc2)CCP1(=O)O. The second kappa shape index (κ2) is 9.23. The van der Waals surface area contributed by atoms with Crippen LogP contribution < -0.4 is 5.73 Å². The largest absolute Gasteiger partial charge is 0.480 e. The summed E-state index contributed by atoms with van der Waals surface area (Å²) in [7, 11) is -3.82. The van der Waals surface area contributed by atoms with Crippen LogP contribution in [0.1, 0.15) is 24.8 Å². The van der Waals surface area contributed by atoms with E-state index in [-0.39, 0.29) is 19.1 Å². The molecule has 2 aromatic carbocycles. The van der Waals surface area contributed by atoms with Crippen molar-refractivity contribution in [2.45, 2.75) is 31.0 Å². The number of hydrogen-bond donors (Lipinski definition) is 3. The minimum atomic E-state index is -3.82. The number of nitrogens with two attached hydrogens (primary N) is 1. The van der Waals surface area contributed by atoms with Gasteiger partial charge in [-0.3, -0.25) is 14.3 Å². The molecule has 1 fully saturated rings. The molecule has 4 N–H and O–H groups in total. The monoisotopic (exact) mass is 416 g/mol. The summed E-state index contributed by atoms with van der Waals surface area (Å²) in [4.78, 5) is 24.8. The molecule has 3 rings (SSSR count). The summed E-state index contributed by atoms with van der Waals surface area (Å²) in [6.45, 7) is 1.46. The van der Waals surface area contributed by atoms with Crippen molar-refractivity contribution in [2.24, 2.45) is 5.73 Å². The van der Waals surface area contributed by atoms with Crippen molar-refractivity contribution in [3.05, 3.63) is 60.2 Å². The number of carbonyl (C=O) groups is 1. The second-order valence-corrected chi connectivity index (χ2v) is 10.4. The van der Waals surface area contributed by atoms with E-state index in [4.69, 9.17) is 5.73 Å². The van der Waals surface area contributed by atoms with E-state index >= 15 is 0 Å². The van der Waals surface area contributed by atoms with Gasteiger partial charge in [0, 0.05) is 25.8 Å². The first-order chi connectivity index (χ1) is 13.9. The number of unbranched alkanes of at least 4 members (excludes halogenated alkanes) is 1. The fourth-order valence-electron chi connectivity index (χ4n) is 4.12. The van der Waals surface area contributed by atoms with E-state index in [1.807, 2.05) is 53.4 Å². The Morgan fingerprint density at radius 2 is 1.79 bits per heavy atom. The van der Waals surface area contributed by atoms with Crippen molar-refractivity contribution in [1.29, 1.82) is 0 Å². The Hall–Kier alpha value is -1.98. The van der Waals surface area contributed by atoms with Crippen molar-refractivity contribution in [1.82, 2.24) is 4.90 Å². The van der Waals surface area contributed by atoms with E-state index in [2.05, 4.69) is 6.07 Å². The third-order valence-electron chi connectivity index (χ3n) is 5.81. The maximum Gasteiger partial charge on any atom is 0.320 e. The molecule has 1 aliphatic heterocycles. The molecule has 0 radical (unpaired) electrons. The molecular weight excluding hydrogens is 387 g/mol. The molecule has 0 aromatic heterocycles. The molecule has 1 aliphatic rings. The van der Waals surface area contributed by atoms with E-state index in [0.29, 0.717) is 32.5 Å². The number of rotatable bonds is 8. The standard InChI is InChI=1S/C22H29N2O4P/c23-13-7-6-12-22(21(25)26)17-24(14-15-29(22,27)28)16-19-10-4-5-11-20(19)18-8-2-1-3-9-18/h1-5,8-11H,6-7,12-17,23H2,(H,25,26)(H,27,28)/t22-/m0/s1. The third-order valence-corrected chi connectivity index (χ3v) is 8.51. The van der Waals surface area contributed by atoms with Gasteiger partial charge < -0.3 is 15.7 Å². The van der Waals surface area contributed by atoms with Gasteiger partial charge in [-0.15, -0.1) is 0 Å². The lowest BCUT2D eigenvalue weighted by Crippen LogP contribution is -2.53. The van der Waals surface area contributed by atoms with Gasteiger partial charge in [-0.1, -0.05) is 61.0 Å². The van der Waals surface area contributed by atoms with E-state index in [0.717, 1.165) is 16.7 Å². The highest BCUT2D eigenvalue weighted by Gasteiger charge is 2.56. The zero-order valence-corrected chi connectivity index (χ0v) is 17.4. The van der Waals surface area contributed by atoms with Crippen molar-refractivity contribution in [2.75, 3.05) is 25.8 Å². The van der Waals surface area contributed by atoms with Gasteiger partial charge in [-0.2, -0.15) is 0 Å². The second-order valence-electron chi connectivity index (χ2n) is 7.74. The molecule has 1 saturated heterocycles. The molecule has 156 valence electrons. The smallest absolute Gasteiger partial charge is 0.320 e. The Labute approximate surface area is 171 Å². The van der Waals surface area contributed by atoms with E-state index in [1.165, 1.54) is 0 Å². The molecule has 0 spiro atoms. The van der Waals surface area contributed by atoms with Crippen LogP contribution in [0, 0.1) is 0 Å². The minimum absolute atomic E-state index is 0.00453. The first-order valence-corrected chi connectivity index (χ1v) is 11.9. The molecule has 2 atom stereocenters. The van der Waals surface area contributed by atoms with Crippen LogP contribution in [0.4, 0.5) is 0 Å². The molecule has 6 nitrogen and oxygen atoms in total. The van der Waals surface area contributed by atoms with Gasteiger partial charge in [-0.25, -0.2) is 0 Å². The van der Waals surface area contributed by atoms with E-state index < -0.39 is 18.5 Å². The van der Waals surface area contributed by atoms with Gasteiger partial charge in [0.2, 0.25) is 7.37 Å². The van der Waals surface area contributed by atoms with Crippen LogP contribution in [-0.4, -0.2) is 51.8 Å². The lowest BCUT2D eigenvalue weighted by atomic mass is 9.97. The minimum Gasteiger partial charge on any atom is -0.480 e. The van der Waals surface area contributed by atoms with Crippen LogP contribution in [0.5, 0.6) is 0 Å². The maximum absolute atomic E-state index is 12.9. The Kier molecular flexibility index (Phi) is 6.91. The first-order valence-electron chi connectivity index (χ1n) is 10.0. The van der Waals surface area contributed by atoms with Gasteiger partial charge in [0.15, 0.2) is 5.16 Å². The summed E-state index contributed by atoms with van der Waals surface area (Å²) in [6.07, 6.45) is 1.34. The number of nitrogens with zero attached hydrogens (tertiary/aromatic N) is 1. The molecule has 7 heteroatoms. The van der Waals surface area contributed by atoms with Crippen LogP contribution in [0.15, 0.2) is 54.6 Å². The number of benzene rings is 2. The Bertz CT molecular complexity index is 889. The van der Waals surface area contributed by atoms with E-state index in [9.17, 15) is 19.4 Å². The topological polar surface area (TPSA) is 104 Å². The molecule has 0 amide bonds. The number of carboxylic acids is 1. The zero-order valence-electron chi connectivity index (χ0n) is 16.5. The van der Waals surface area contributed by atoms with Crippen LogP contribution in [0.25, 0.3) is 11.1 Å². The van der Waals surface area contributed by atoms with Crippen LogP contribution in [-0.2, 0) is 15.9 Å². The predicted molar refractivity (Wildman–Crippen MR) is 115 cm³/mol. The summed E-state index contributed by atoms with van der Waals surface area (Å²) in [5.74, 6) is -1.18. The van der Waals surface area contributed by atoms with Crippen LogP contribution in [0.3, 0.4) is 0 Å². The van der Waals surface area contributed by atoms with Crippen LogP contribution in [0.2, 0.25) is 0 Å². The van der Waals surface area contributed by atoms with Crippen molar-refractivity contribution < 1.29 is 19.4 Å². The Balaban J connectivity index is 1.86. The zero-order chi connectivity index (χ0) is 20.9. The highest BCUT2D eigenvalue weighted by Crippen LogP contribution is 2.59. The normalized spacial score (nSPS) is 25.0. The van der Waals surface area contributed by atoms with Crippen molar-refractivity contribution in [3.8, 4) is 11.1 Å². The Morgan fingerprint density at radius 1 is 1.10 bits per heavy atom. The Morgan fingerprint density at radius 3 is 2.48 bits per heavy atom. The molecule has 2 aromatic rings. The summed E-state index contributed by atoms with van der Waals surface area (Å²) in [6, 6.07) is 18.1. The molecule has 29 heavy (non-hydrogen) atoms. The lowest BCUT2D eigenvalue weighted by molar-refractivity contribution is -0.141. The molecule has 0 saturated carbocycles. The van der Waals surface area contributed by atoms with E-state index in [1.54, 1.807) is 0 Å². The van der Waals surface area contributed by atoms with Crippen LogP contribution >= 0.6 is 7.37 Å². The maximum atomic E-state index is 12.9. The summed E-state index contributed by atoms with van der Waals surface area (Å²) in [5.41, 5.74) is 8.81. The predicted octanol–water partition coefficient (Wildman–Crippen LogP) is 3.39.